The molecule has 0 radical (unpaired) electrons. The van der Waals surface area contributed by atoms with Crippen molar-refractivity contribution in [1.82, 2.24) is 24.6 Å². The van der Waals surface area contributed by atoms with E-state index in [4.69, 9.17) is 4.74 Å². The number of hydrogen-bond donors (Lipinski definition) is 0. The number of amides is 1. The van der Waals surface area contributed by atoms with Crippen LogP contribution in [0, 0.1) is 11.3 Å². The van der Waals surface area contributed by atoms with Crippen LogP contribution >= 0.6 is 0 Å². The zero-order chi connectivity index (χ0) is 21.1. The van der Waals surface area contributed by atoms with Crippen molar-refractivity contribution in [3.05, 3.63) is 36.4 Å². The molecule has 160 valence electrons. The highest BCUT2D eigenvalue weighted by atomic mass is 16.5. The number of fused-ring (bicyclic) bond motifs is 1. The average molecular weight is 412 g/mol. The van der Waals surface area contributed by atoms with Gasteiger partial charge in [-0.3, -0.25) is 14.3 Å². The van der Waals surface area contributed by atoms with Gasteiger partial charge in [0.15, 0.2) is 0 Å². The van der Waals surface area contributed by atoms with Crippen molar-refractivity contribution < 1.29 is 14.3 Å². The van der Waals surface area contributed by atoms with Crippen LogP contribution in [-0.4, -0.2) is 69.3 Å². The number of likely N-dealkylation sites (tertiary alicyclic amines) is 1. The van der Waals surface area contributed by atoms with Crippen molar-refractivity contribution in [3.8, 4) is 0 Å². The van der Waals surface area contributed by atoms with Crippen LogP contribution in [0.4, 0.5) is 5.95 Å². The van der Waals surface area contributed by atoms with E-state index < -0.39 is 5.41 Å². The number of anilines is 1. The van der Waals surface area contributed by atoms with E-state index in [1.54, 1.807) is 23.1 Å². The highest BCUT2D eigenvalue weighted by Crippen LogP contribution is 2.44. The van der Waals surface area contributed by atoms with Gasteiger partial charge < -0.3 is 14.5 Å². The molecule has 9 heteroatoms. The number of aryl methyl sites for hydroxylation is 1. The lowest BCUT2D eigenvalue weighted by atomic mass is 9.75. The van der Waals surface area contributed by atoms with Gasteiger partial charge in [0, 0.05) is 57.7 Å². The fourth-order valence-corrected chi connectivity index (χ4v) is 4.70. The Balaban J connectivity index is 1.56. The zero-order valence-corrected chi connectivity index (χ0v) is 17.5. The molecule has 1 amide bonds. The van der Waals surface area contributed by atoms with Gasteiger partial charge in [0.05, 0.1) is 24.1 Å². The summed E-state index contributed by atoms with van der Waals surface area (Å²) in [6, 6.07) is 3.64. The molecule has 0 N–H and O–H groups in total. The van der Waals surface area contributed by atoms with Gasteiger partial charge in [-0.2, -0.15) is 5.10 Å². The lowest BCUT2D eigenvalue weighted by Crippen LogP contribution is -2.44. The van der Waals surface area contributed by atoms with E-state index in [0.29, 0.717) is 45.2 Å². The minimum absolute atomic E-state index is 0.0319. The van der Waals surface area contributed by atoms with E-state index in [2.05, 4.69) is 15.1 Å². The van der Waals surface area contributed by atoms with Crippen molar-refractivity contribution in [3.63, 3.8) is 0 Å². The van der Waals surface area contributed by atoms with Gasteiger partial charge in [0.1, 0.15) is 0 Å². The highest BCUT2D eigenvalue weighted by Gasteiger charge is 2.55. The van der Waals surface area contributed by atoms with Crippen LogP contribution in [0.5, 0.6) is 0 Å². The summed E-state index contributed by atoms with van der Waals surface area (Å²) in [4.78, 5) is 38.7. The number of carbonyl (C=O) groups is 2. The molecule has 0 spiro atoms. The molecule has 0 aromatic carbocycles. The fraction of sp³-hybridized carbons (Fsp3) is 0.571. The van der Waals surface area contributed by atoms with Gasteiger partial charge in [-0.1, -0.05) is 0 Å². The highest BCUT2D eigenvalue weighted by molar-refractivity contribution is 5.81. The standard InChI is InChI=1S/C21H28N6O3/c1-3-30-19(29)21-7-4-10-26(18(28)12-17-6-11-25(2)24-17)13-16(21)14-27(15-21)20-22-8-5-9-23-20/h5-6,8-9,11,16H,3-4,7,10,12-15H2,1-2H3/t16-,21+/m0/s1. The Morgan fingerprint density at radius 1 is 1.27 bits per heavy atom. The number of nitrogens with zero attached hydrogens (tertiary/aromatic N) is 6. The number of esters is 1. The third kappa shape index (κ3) is 3.88. The molecular formula is C21H28N6O3. The Kier molecular flexibility index (Phi) is 5.69. The molecule has 2 fully saturated rings. The molecule has 4 heterocycles. The van der Waals surface area contributed by atoms with Crippen LogP contribution in [0.2, 0.25) is 0 Å². The molecule has 2 aromatic heterocycles. The summed E-state index contributed by atoms with van der Waals surface area (Å²) in [5.74, 6) is 0.450. The summed E-state index contributed by atoms with van der Waals surface area (Å²) in [6.07, 6.45) is 6.96. The molecule has 9 nitrogen and oxygen atoms in total. The predicted octanol–water partition coefficient (Wildman–Crippen LogP) is 1.06. The minimum Gasteiger partial charge on any atom is -0.466 e. The van der Waals surface area contributed by atoms with Crippen LogP contribution in [0.25, 0.3) is 0 Å². The molecule has 2 aliphatic heterocycles. The van der Waals surface area contributed by atoms with Gasteiger partial charge in [-0.15, -0.1) is 0 Å². The Morgan fingerprint density at radius 2 is 2.07 bits per heavy atom. The summed E-state index contributed by atoms with van der Waals surface area (Å²) in [5, 5.41) is 4.32. The third-order valence-electron chi connectivity index (χ3n) is 6.16. The number of carbonyl (C=O) groups excluding carboxylic acids is 2. The van der Waals surface area contributed by atoms with Crippen LogP contribution < -0.4 is 4.90 Å². The Morgan fingerprint density at radius 3 is 2.77 bits per heavy atom. The molecule has 2 saturated heterocycles. The smallest absolute Gasteiger partial charge is 0.314 e. The topological polar surface area (TPSA) is 93.5 Å². The normalized spacial score (nSPS) is 23.7. The molecule has 2 aromatic rings. The second-order valence-corrected chi connectivity index (χ2v) is 8.10. The summed E-state index contributed by atoms with van der Waals surface area (Å²) in [7, 11) is 1.84. The Bertz CT molecular complexity index is 901. The summed E-state index contributed by atoms with van der Waals surface area (Å²) >= 11 is 0. The van der Waals surface area contributed by atoms with E-state index in [-0.39, 0.29) is 24.2 Å². The summed E-state index contributed by atoms with van der Waals surface area (Å²) < 4.78 is 7.20. The molecule has 2 aliphatic rings. The number of hydrogen-bond acceptors (Lipinski definition) is 7. The van der Waals surface area contributed by atoms with E-state index in [1.807, 2.05) is 36.0 Å². The first kappa shape index (κ1) is 20.3. The van der Waals surface area contributed by atoms with Gasteiger partial charge >= 0.3 is 5.97 Å². The molecule has 4 rings (SSSR count). The van der Waals surface area contributed by atoms with Crippen LogP contribution in [0.1, 0.15) is 25.5 Å². The van der Waals surface area contributed by atoms with E-state index in [0.717, 1.165) is 12.1 Å². The van der Waals surface area contributed by atoms with E-state index >= 15 is 0 Å². The lowest BCUT2D eigenvalue weighted by molar-refractivity contribution is -0.157. The average Bonchev–Trinajstić information content (AvgIpc) is 3.27. The van der Waals surface area contributed by atoms with Crippen molar-refractivity contribution in [1.29, 1.82) is 0 Å². The second-order valence-electron chi connectivity index (χ2n) is 8.10. The molecule has 30 heavy (non-hydrogen) atoms. The predicted molar refractivity (Wildman–Crippen MR) is 110 cm³/mol. The van der Waals surface area contributed by atoms with Crippen molar-refractivity contribution in [2.75, 3.05) is 37.7 Å². The van der Waals surface area contributed by atoms with Gasteiger partial charge in [0.2, 0.25) is 11.9 Å². The first-order valence-electron chi connectivity index (χ1n) is 10.5. The third-order valence-corrected chi connectivity index (χ3v) is 6.16. The van der Waals surface area contributed by atoms with Gasteiger partial charge in [-0.05, 0) is 31.9 Å². The molecule has 2 atom stereocenters. The molecular weight excluding hydrogens is 384 g/mol. The first-order valence-corrected chi connectivity index (χ1v) is 10.5. The van der Waals surface area contributed by atoms with Gasteiger partial charge in [-0.25, -0.2) is 9.97 Å². The maximum atomic E-state index is 13.1. The van der Waals surface area contributed by atoms with Crippen molar-refractivity contribution in [2.24, 2.45) is 18.4 Å². The quantitative estimate of drug-likeness (QED) is 0.678. The molecule has 0 unspecified atom stereocenters. The van der Waals surface area contributed by atoms with Crippen molar-refractivity contribution in [2.45, 2.75) is 26.2 Å². The SMILES string of the molecule is CCOC(=O)[C@@]12CCCN(C(=O)Cc3ccn(C)n3)C[C@H]1CN(c1ncccn1)C2. The number of aromatic nitrogens is 4. The minimum atomic E-state index is -0.644. The number of rotatable bonds is 5. The zero-order valence-electron chi connectivity index (χ0n) is 17.5. The lowest BCUT2D eigenvalue weighted by Gasteiger charge is -2.31. The monoisotopic (exact) mass is 412 g/mol. The van der Waals surface area contributed by atoms with Gasteiger partial charge in [0.25, 0.3) is 0 Å². The molecule has 0 saturated carbocycles. The van der Waals surface area contributed by atoms with Crippen LogP contribution in [0.3, 0.4) is 0 Å². The van der Waals surface area contributed by atoms with Crippen LogP contribution in [-0.2, 0) is 27.8 Å². The first-order chi connectivity index (χ1) is 14.5. The summed E-state index contributed by atoms with van der Waals surface area (Å²) in [5.41, 5.74) is 0.115. The Labute approximate surface area is 176 Å². The molecule has 0 bridgehead atoms. The fourth-order valence-electron chi connectivity index (χ4n) is 4.70. The second kappa shape index (κ2) is 8.41. The number of ether oxygens (including phenoxy) is 1. The Hall–Kier alpha value is -2.97. The maximum Gasteiger partial charge on any atom is 0.314 e. The van der Waals surface area contributed by atoms with E-state index in [9.17, 15) is 9.59 Å². The van der Waals surface area contributed by atoms with E-state index in [1.165, 1.54) is 0 Å². The largest absolute Gasteiger partial charge is 0.466 e. The molecule has 0 aliphatic carbocycles. The summed E-state index contributed by atoms with van der Waals surface area (Å²) in [6.45, 7) is 4.48. The van der Waals surface area contributed by atoms with Crippen LogP contribution in [0.15, 0.2) is 30.7 Å². The maximum absolute atomic E-state index is 13.1. The van der Waals surface area contributed by atoms with Crippen molar-refractivity contribution >= 4 is 17.8 Å².